The summed E-state index contributed by atoms with van der Waals surface area (Å²) in [6.07, 6.45) is 2.44. The average Bonchev–Trinajstić information content (AvgIpc) is 2.07. The van der Waals surface area contributed by atoms with Crippen molar-refractivity contribution in [1.82, 2.24) is 0 Å². The summed E-state index contributed by atoms with van der Waals surface area (Å²) in [6.45, 7) is 2.22. The molecule has 1 aromatic rings. The molecule has 0 saturated carbocycles. The van der Waals surface area contributed by atoms with Crippen molar-refractivity contribution in [2.45, 2.75) is 25.8 Å². The molecule has 1 nitrogen and oxygen atoms in total. The number of aryl methyl sites for hydroxylation is 1. The summed E-state index contributed by atoms with van der Waals surface area (Å²) in [5.74, 6) is 0. The fourth-order valence-electron chi connectivity index (χ4n) is 1.63. The first kappa shape index (κ1) is 10.9. The van der Waals surface area contributed by atoms with E-state index in [4.69, 9.17) is 0 Å². The Balaban J connectivity index is 0.000000845. The van der Waals surface area contributed by atoms with Gasteiger partial charge < -0.3 is 5.32 Å². The molecule has 0 spiro atoms. The van der Waals surface area contributed by atoms with Gasteiger partial charge in [-0.05, 0) is 47.3 Å². The normalized spacial score (nSPS) is 19.7. The first-order chi connectivity index (χ1) is 5.77. The van der Waals surface area contributed by atoms with E-state index in [9.17, 15) is 0 Å². The monoisotopic (exact) mass is 261 g/mol. The van der Waals surface area contributed by atoms with Crippen molar-refractivity contribution in [3.05, 3.63) is 28.2 Å². The Kier molecular flexibility index (Phi) is 3.63. The fourth-order valence-corrected chi connectivity index (χ4v) is 2.15. The van der Waals surface area contributed by atoms with Crippen molar-refractivity contribution in [2.24, 2.45) is 0 Å². The molecule has 1 aromatic carbocycles. The fraction of sp³-hybridized carbons (Fsp3) is 0.400. The van der Waals surface area contributed by atoms with Crippen LogP contribution in [0.25, 0.3) is 0 Å². The van der Waals surface area contributed by atoms with Gasteiger partial charge in [0.15, 0.2) is 0 Å². The van der Waals surface area contributed by atoms with Gasteiger partial charge in [-0.2, -0.15) is 0 Å². The minimum absolute atomic E-state index is 0. The summed E-state index contributed by atoms with van der Waals surface area (Å²) >= 11 is 3.55. The molecule has 0 bridgehead atoms. The van der Waals surface area contributed by atoms with Gasteiger partial charge in [-0.15, -0.1) is 12.4 Å². The average molecular weight is 263 g/mol. The highest BCUT2D eigenvalue weighted by molar-refractivity contribution is 9.10. The van der Waals surface area contributed by atoms with E-state index in [1.54, 1.807) is 0 Å². The van der Waals surface area contributed by atoms with E-state index in [-0.39, 0.29) is 12.4 Å². The van der Waals surface area contributed by atoms with Gasteiger partial charge in [-0.1, -0.05) is 12.1 Å². The lowest BCUT2D eigenvalue weighted by Crippen LogP contribution is -2.22. The Bertz CT molecular complexity index is 301. The molecule has 0 aromatic heterocycles. The van der Waals surface area contributed by atoms with Crippen LogP contribution >= 0.6 is 28.3 Å². The third-order valence-electron chi connectivity index (χ3n) is 2.34. The molecular formula is C10H13BrClN. The molecule has 1 unspecified atom stereocenters. The molecule has 1 heterocycles. The number of benzene rings is 1. The van der Waals surface area contributed by atoms with E-state index in [1.807, 2.05) is 0 Å². The Morgan fingerprint density at radius 3 is 3.00 bits per heavy atom. The highest BCUT2D eigenvalue weighted by Gasteiger charge is 2.15. The highest BCUT2D eigenvalue weighted by Crippen LogP contribution is 2.31. The number of para-hydroxylation sites is 1. The summed E-state index contributed by atoms with van der Waals surface area (Å²) in [5.41, 5.74) is 2.72. The Morgan fingerprint density at radius 1 is 1.46 bits per heavy atom. The summed E-state index contributed by atoms with van der Waals surface area (Å²) in [7, 11) is 0. The lowest BCUT2D eigenvalue weighted by Gasteiger charge is -2.24. The maximum atomic E-state index is 3.55. The van der Waals surface area contributed by atoms with E-state index in [0.29, 0.717) is 6.04 Å². The molecule has 13 heavy (non-hydrogen) atoms. The smallest absolute Gasteiger partial charge is 0.0519 e. The van der Waals surface area contributed by atoms with Crippen LogP contribution < -0.4 is 5.32 Å². The van der Waals surface area contributed by atoms with Crippen molar-refractivity contribution in [1.29, 1.82) is 0 Å². The molecular weight excluding hydrogens is 249 g/mol. The van der Waals surface area contributed by atoms with Crippen LogP contribution in [-0.2, 0) is 6.42 Å². The van der Waals surface area contributed by atoms with Crippen LogP contribution in [0.5, 0.6) is 0 Å². The van der Waals surface area contributed by atoms with Gasteiger partial charge in [0.1, 0.15) is 0 Å². The molecule has 2 rings (SSSR count). The molecule has 3 heteroatoms. The zero-order chi connectivity index (χ0) is 8.55. The van der Waals surface area contributed by atoms with E-state index >= 15 is 0 Å². The largest absolute Gasteiger partial charge is 0.381 e. The topological polar surface area (TPSA) is 12.0 Å². The van der Waals surface area contributed by atoms with Crippen molar-refractivity contribution in [3.8, 4) is 0 Å². The number of anilines is 1. The highest BCUT2D eigenvalue weighted by atomic mass is 79.9. The lowest BCUT2D eigenvalue weighted by atomic mass is 9.99. The molecule has 1 atom stereocenters. The Hall–Kier alpha value is -0.210. The number of rotatable bonds is 0. The standard InChI is InChI=1S/C10H12BrN.ClH/c1-7-5-6-8-3-2-4-9(11)10(8)12-7;/h2-4,7,12H,5-6H2,1H3;1H. The summed E-state index contributed by atoms with van der Waals surface area (Å²) in [5, 5.41) is 3.48. The summed E-state index contributed by atoms with van der Waals surface area (Å²) in [4.78, 5) is 0. The summed E-state index contributed by atoms with van der Waals surface area (Å²) in [6, 6.07) is 6.99. The number of hydrogen-bond donors (Lipinski definition) is 1. The minimum atomic E-state index is 0. The molecule has 0 fully saturated rings. The first-order valence-electron chi connectivity index (χ1n) is 4.31. The van der Waals surface area contributed by atoms with Crippen LogP contribution in [0.1, 0.15) is 18.9 Å². The Labute approximate surface area is 93.5 Å². The predicted octanol–water partition coefficient (Wildman–Crippen LogP) is 3.62. The first-order valence-corrected chi connectivity index (χ1v) is 5.10. The zero-order valence-electron chi connectivity index (χ0n) is 7.51. The maximum absolute atomic E-state index is 3.55. The van der Waals surface area contributed by atoms with Gasteiger partial charge in [0.25, 0.3) is 0 Å². The van der Waals surface area contributed by atoms with Crippen LogP contribution in [0.2, 0.25) is 0 Å². The van der Waals surface area contributed by atoms with Gasteiger partial charge in [-0.3, -0.25) is 0 Å². The quantitative estimate of drug-likeness (QED) is 0.753. The van der Waals surface area contributed by atoms with Crippen LogP contribution in [0.15, 0.2) is 22.7 Å². The molecule has 72 valence electrons. The van der Waals surface area contributed by atoms with Crippen molar-refractivity contribution in [2.75, 3.05) is 5.32 Å². The van der Waals surface area contributed by atoms with E-state index in [1.165, 1.54) is 28.6 Å². The van der Waals surface area contributed by atoms with Gasteiger partial charge in [-0.25, -0.2) is 0 Å². The number of fused-ring (bicyclic) bond motifs is 1. The van der Waals surface area contributed by atoms with Crippen LogP contribution in [0, 0.1) is 0 Å². The van der Waals surface area contributed by atoms with Crippen LogP contribution in [0.4, 0.5) is 5.69 Å². The zero-order valence-corrected chi connectivity index (χ0v) is 9.91. The second kappa shape index (κ2) is 4.34. The van der Waals surface area contributed by atoms with E-state index in [2.05, 4.69) is 46.4 Å². The molecule has 0 radical (unpaired) electrons. The van der Waals surface area contributed by atoms with Crippen molar-refractivity contribution in [3.63, 3.8) is 0 Å². The SMILES string of the molecule is CC1CCc2cccc(Br)c2N1.Cl. The predicted molar refractivity (Wildman–Crippen MR) is 62.8 cm³/mol. The third kappa shape index (κ3) is 2.18. The molecule has 0 aliphatic carbocycles. The van der Waals surface area contributed by atoms with Crippen molar-refractivity contribution >= 4 is 34.0 Å². The van der Waals surface area contributed by atoms with Gasteiger partial charge in [0.2, 0.25) is 0 Å². The van der Waals surface area contributed by atoms with Gasteiger partial charge in [0, 0.05) is 10.5 Å². The van der Waals surface area contributed by atoms with E-state index < -0.39 is 0 Å². The molecule has 0 amide bonds. The van der Waals surface area contributed by atoms with Gasteiger partial charge in [0.05, 0.1) is 5.69 Å². The van der Waals surface area contributed by atoms with Crippen LogP contribution in [-0.4, -0.2) is 6.04 Å². The lowest BCUT2D eigenvalue weighted by molar-refractivity contribution is 0.680. The molecule has 1 aliphatic rings. The van der Waals surface area contributed by atoms with Crippen molar-refractivity contribution < 1.29 is 0 Å². The Morgan fingerprint density at radius 2 is 2.23 bits per heavy atom. The van der Waals surface area contributed by atoms with Gasteiger partial charge >= 0.3 is 0 Å². The molecule has 1 N–H and O–H groups in total. The minimum Gasteiger partial charge on any atom is -0.381 e. The van der Waals surface area contributed by atoms with Crippen LogP contribution in [0.3, 0.4) is 0 Å². The molecule has 0 saturated heterocycles. The number of hydrogen-bond acceptors (Lipinski definition) is 1. The maximum Gasteiger partial charge on any atom is 0.0519 e. The second-order valence-corrected chi connectivity index (χ2v) is 4.21. The van der Waals surface area contributed by atoms with E-state index in [0.717, 1.165) is 0 Å². The third-order valence-corrected chi connectivity index (χ3v) is 3.00. The second-order valence-electron chi connectivity index (χ2n) is 3.36. The molecule has 1 aliphatic heterocycles. The summed E-state index contributed by atoms with van der Waals surface area (Å²) < 4.78 is 1.19. The number of halogens is 2. The number of nitrogens with one attached hydrogen (secondary N) is 1.